The molecule has 0 amide bonds. The van der Waals surface area contributed by atoms with Crippen molar-refractivity contribution in [1.82, 2.24) is 4.90 Å². The number of unbranched alkanes of at least 4 members (excludes halogenated alkanes) is 10. The van der Waals surface area contributed by atoms with Gasteiger partial charge in [-0.15, -0.1) is 0 Å². The SMILES string of the molecule is CCCCCCCCN(CCCCCCCC)Cc1cc(CC)c(O)c(C(C)(C)C)c1. The van der Waals surface area contributed by atoms with E-state index in [1.54, 1.807) is 0 Å². The van der Waals surface area contributed by atoms with Gasteiger partial charge in [0.15, 0.2) is 0 Å². The van der Waals surface area contributed by atoms with Gasteiger partial charge in [-0.3, -0.25) is 4.90 Å². The molecule has 0 saturated heterocycles. The van der Waals surface area contributed by atoms with Crippen LogP contribution in [0.1, 0.15) is 135 Å². The second kappa shape index (κ2) is 15.7. The van der Waals surface area contributed by atoms with Gasteiger partial charge >= 0.3 is 0 Å². The Morgan fingerprint density at radius 1 is 0.710 bits per heavy atom. The highest BCUT2D eigenvalue weighted by atomic mass is 16.3. The Hall–Kier alpha value is -1.02. The maximum Gasteiger partial charge on any atom is 0.122 e. The number of rotatable bonds is 17. The Morgan fingerprint density at radius 2 is 1.19 bits per heavy atom. The second-order valence-corrected chi connectivity index (χ2v) is 10.6. The quantitative estimate of drug-likeness (QED) is 0.249. The third-order valence-corrected chi connectivity index (χ3v) is 6.50. The van der Waals surface area contributed by atoms with Crippen LogP contribution in [0.3, 0.4) is 0 Å². The van der Waals surface area contributed by atoms with E-state index in [4.69, 9.17) is 0 Å². The lowest BCUT2D eigenvalue weighted by Crippen LogP contribution is -2.26. The first kappa shape index (κ1) is 28.0. The van der Waals surface area contributed by atoms with E-state index in [1.807, 2.05) is 0 Å². The summed E-state index contributed by atoms with van der Waals surface area (Å²) in [6.07, 6.45) is 17.2. The van der Waals surface area contributed by atoms with Gasteiger partial charge in [-0.1, -0.05) is 118 Å². The van der Waals surface area contributed by atoms with E-state index in [0.29, 0.717) is 5.75 Å². The van der Waals surface area contributed by atoms with E-state index in [0.717, 1.165) is 24.1 Å². The molecule has 0 saturated carbocycles. The number of aromatic hydroxyl groups is 1. The molecule has 2 nitrogen and oxygen atoms in total. The molecule has 31 heavy (non-hydrogen) atoms. The molecule has 0 spiro atoms. The van der Waals surface area contributed by atoms with Gasteiger partial charge < -0.3 is 5.11 Å². The molecule has 0 bridgehead atoms. The number of aryl methyl sites for hydroxylation is 1. The molecular formula is C29H53NO. The highest BCUT2D eigenvalue weighted by Gasteiger charge is 2.21. The van der Waals surface area contributed by atoms with Crippen LogP contribution in [0.2, 0.25) is 0 Å². The fourth-order valence-electron chi connectivity index (χ4n) is 4.45. The van der Waals surface area contributed by atoms with Crippen molar-refractivity contribution < 1.29 is 5.11 Å². The van der Waals surface area contributed by atoms with Crippen LogP contribution in [-0.4, -0.2) is 23.1 Å². The van der Waals surface area contributed by atoms with Crippen molar-refractivity contribution in [2.75, 3.05) is 13.1 Å². The van der Waals surface area contributed by atoms with Gasteiger partial charge in [0.1, 0.15) is 5.75 Å². The van der Waals surface area contributed by atoms with Gasteiger partial charge in [-0.05, 0) is 54.5 Å². The number of nitrogens with zero attached hydrogens (tertiary/aromatic N) is 1. The minimum Gasteiger partial charge on any atom is -0.507 e. The maximum absolute atomic E-state index is 10.8. The largest absolute Gasteiger partial charge is 0.507 e. The summed E-state index contributed by atoms with van der Waals surface area (Å²) in [6, 6.07) is 4.52. The molecule has 0 heterocycles. The Bertz CT molecular complexity index is 571. The average molecular weight is 432 g/mol. The van der Waals surface area contributed by atoms with Crippen LogP contribution in [0.15, 0.2) is 12.1 Å². The van der Waals surface area contributed by atoms with E-state index < -0.39 is 0 Å². The van der Waals surface area contributed by atoms with Crippen molar-refractivity contribution in [3.05, 3.63) is 28.8 Å². The van der Waals surface area contributed by atoms with Crippen molar-refractivity contribution in [3.63, 3.8) is 0 Å². The Kier molecular flexibility index (Phi) is 14.2. The minimum atomic E-state index is -0.0343. The molecule has 0 atom stereocenters. The van der Waals surface area contributed by atoms with Gasteiger partial charge in [0.25, 0.3) is 0 Å². The lowest BCUT2D eigenvalue weighted by molar-refractivity contribution is 0.252. The fourth-order valence-corrected chi connectivity index (χ4v) is 4.45. The molecule has 1 rings (SSSR count). The zero-order chi connectivity index (χ0) is 23.1. The summed E-state index contributed by atoms with van der Waals surface area (Å²) in [5.74, 6) is 0.511. The topological polar surface area (TPSA) is 23.5 Å². The fraction of sp³-hybridized carbons (Fsp3) is 0.793. The van der Waals surface area contributed by atoms with Gasteiger partial charge in [-0.2, -0.15) is 0 Å². The van der Waals surface area contributed by atoms with Gasteiger partial charge in [-0.25, -0.2) is 0 Å². The highest BCUT2D eigenvalue weighted by Crippen LogP contribution is 2.35. The van der Waals surface area contributed by atoms with Crippen molar-refractivity contribution in [2.24, 2.45) is 0 Å². The zero-order valence-electron chi connectivity index (χ0n) is 21.9. The normalized spacial score (nSPS) is 12.1. The molecular weight excluding hydrogens is 378 g/mol. The molecule has 1 aromatic rings. The number of hydrogen-bond donors (Lipinski definition) is 1. The summed E-state index contributed by atoms with van der Waals surface area (Å²) in [6.45, 7) is 16.8. The van der Waals surface area contributed by atoms with Crippen molar-refractivity contribution in [3.8, 4) is 5.75 Å². The third-order valence-electron chi connectivity index (χ3n) is 6.50. The van der Waals surface area contributed by atoms with Gasteiger partial charge in [0.05, 0.1) is 0 Å². The molecule has 0 radical (unpaired) electrons. The minimum absolute atomic E-state index is 0.0343. The highest BCUT2D eigenvalue weighted by molar-refractivity contribution is 5.47. The van der Waals surface area contributed by atoms with Crippen molar-refractivity contribution >= 4 is 0 Å². The van der Waals surface area contributed by atoms with Crippen LogP contribution in [0.4, 0.5) is 0 Å². The van der Waals surface area contributed by atoms with Crippen molar-refractivity contribution in [2.45, 2.75) is 137 Å². The first-order valence-electron chi connectivity index (χ1n) is 13.4. The van der Waals surface area contributed by atoms with Crippen LogP contribution in [0, 0.1) is 0 Å². The van der Waals surface area contributed by atoms with E-state index in [1.165, 1.54) is 95.7 Å². The predicted octanol–water partition coefficient (Wildman–Crippen LogP) is 8.78. The summed E-state index contributed by atoms with van der Waals surface area (Å²) in [7, 11) is 0. The summed E-state index contributed by atoms with van der Waals surface area (Å²) in [5, 5.41) is 10.8. The summed E-state index contributed by atoms with van der Waals surface area (Å²) < 4.78 is 0. The smallest absolute Gasteiger partial charge is 0.122 e. The third kappa shape index (κ3) is 11.4. The molecule has 0 fully saturated rings. The van der Waals surface area contributed by atoms with Crippen LogP contribution < -0.4 is 0 Å². The lowest BCUT2D eigenvalue weighted by atomic mass is 9.83. The van der Waals surface area contributed by atoms with Crippen LogP contribution in [0.25, 0.3) is 0 Å². The number of phenolic OH excluding ortho intramolecular Hbond substituents is 1. The second-order valence-electron chi connectivity index (χ2n) is 10.6. The first-order valence-corrected chi connectivity index (χ1v) is 13.4. The Morgan fingerprint density at radius 3 is 1.65 bits per heavy atom. The summed E-state index contributed by atoms with van der Waals surface area (Å²) >= 11 is 0. The van der Waals surface area contributed by atoms with Gasteiger partial charge in [0, 0.05) is 6.54 Å². The molecule has 0 aliphatic rings. The summed E-state index contributed by atoms with van der Waals surface area (Å²) in [4.78, 5) is 2.68. The van der Waals surface area contributed by atoms with Crippen LogP contribution in [0.5, 0.6) is 5.75 Å². The molecule has 0 aromatic heterocycles. The maximum atomic E-state index is 10.8. The van der Waals surface area contributed by atoms with Gasteiger partial charge in [0.2, 0.25) is 0 Å². The first-order chi connectivity index (χ1) is 14.8. The molecule has 180 valence electrons. The Balaban J connectivity index is 2.77. The van der Waals surface area contributed by atoms with Crippen LogP contribution >= 0.6 is 0 Å². The predicted molar refractivity (Wildman–Crippen MR) is 138 cm³/mol. The van der Waals surface area contributed by atoms with E-state index in [-0.39, 0.29) is 5.41 Å². The lowest BCUT2D eigenvalue weighted by Gasteiger charge is -2.26. The van der Waals surface area contributed by atoms with Crippen molar-refractivity contribution in [1.29, 1.82) is 0 Å². The number of benzene rings is 1. The molecule has 0 unspecified atom stereocenters. The van der Waals surface area contributed by atoms with E-state index >= 15 is 0 Å². The molecule has 0 aliphatic heterocycles. The number of hydrogen-bond acceptors (Lipinski definition) is 2. The average Bonchev–Trinajstić information content (AvgIpc) is 2.73. The zero-order valence-corrected chi connectivity index (χ0v) is 21.9. The molecule has 0 aliphatic carbocycles. The standard InChI is InChI=1S/C29H53NO/c1-7-10-12-14-16-18-20-30(21-19-17-15-13-11-8-2)24-25-22-26(9-3)28(31)27(23-25)29(4,5)6/h22-23,31H,7-21,24H2,1-6H3. The van der Waals surface area contributed by atoms with E-state index in [2.05, 4.69) is 58.6 Å². The monoisotopic (exact) mass is 431 g/mol. The van der Waals surface area contributed by atoms with E-state index in [9.17, 15) is 5.11 Å². The molecule has 1 N–H and O–H groups in total. The molecule has 1 aromatic carbocycles. The number of phenols is 1. The Labute approximate surface area is 194 Å². The molecule has 2 heteroatoms. The van der Waals surface area contributed by atoms with Crippen LogP contribution in [-0.2, 0) is 18.4 Å². The summed E-state index contributed by atoms with van der Waals surface area (Å²) in [5.41, 5.74) is 3.53.